The molecule has 1 aliphatic rings. The second-order valence-corrected chi connectivity index (χ2v) is 7.41. The molecule has 0 aliphatic carbocycles. The summed E-state index contributed by atoms with van der Waals surface area (Å²) in [7, 11) is -3.35. The van der Waals surface area contributed by atoms with Gasteiger partial charge in [0.05, 0.1) is 11.2 Å². The summed E-state index contributed by atoms with van der Waals surface area (Å²) in [6.07, 6.45) is 4.58. The average molecular weight is 275 g/mol. The van der Waals surface area contributed by atoms with E-state index in [1.165, 1.54) is 24.0 Å². The SMILES string of the molecule is Cc1ncc(S(=O)(=O)NCC[C@H]2CCCN2)s1. The molecule has 2 heterocycles. The molecule has 1 fully saturated rings. The first kappa shape index (κ1) is 12.9. The van der Waals surface area contributed by atoms with E-state index in [4.69, 9.17) is 0 Å². The molecule has 0 bridgehead atoms. The highest BCUT2D eigenvalue weighted by Gasteiger charge is 2.18. The van der Waals surface area contributed by atoms with Crippen LogP contribution in [-0.4, -0.2) is 32.5 Å². The monoisotopic (exact) mass is 275 g/mol. The van der Waals surface area contributed by atoms with Gasteiger partial charge in [-0.3, -0.25) is 0 Å². The first-order chi connectivity index (χ1) is 8.08. The number of hydrogen-bond acceptors (Lipinski definition) is 5. The molecule has 0 spiro atoms. The van der Waals surface area contributed by atoms with Crippen LogP contribution in [0.25, 0.3) is 0 Å². The average Bonchev–Trinajstić information content (AvgIpc) is 2.89. The summed E-state index contributed by atoms with van der Waals surface area (Å²) in [6.45, 7) is 3.33. The zero-order valence-corrected chi connectivity index (χ0v) is 11.4. The van der Waals surface area contributed by atoms with Gasteiger partial charge in [-0.25, -0.2) is 18.1 Å². The summed E-state index contributed by atoms with van der Waals surface area (Å²) in [6, 6.07) is 0.459. The fourth-order valence-corrected chi connectivity index (χ4v) is 4.11. The van der Waals surface area contributed by atoms with Crippen LogP contribution in [0.15, 0.2) is 10.4 Å². The van der Waals surface area contributed by atoms with Crippen LogP contribution >= 0.6 is 11.3 Å². The van der Waals surface area contributed by atoms with Crippen molar-refractivity contribution >= 4 is 21.4 Å². The second kappa shape index (κ2) is 5.43. The van der Waals surface area contributed by atoms with Crippen LogP contribution < -0.4 is 10.0 Å². The van der Waals surface area contributed by atoms with Gasteiger partial charge >= 0.3 is 0 Å². The Morgan fingerprint density at radius 2 is 2.47 bits per heavy atom. The topological polar surface area (TPSA) is 71.1 Å². The summed E-state index contributed by atoms with van der Waals surface area (Å²) >= 11 is 1.20. The Bertz CT molecular complexity index is 464. The van der Waals surface area contributed by atoms with E-state index in [0.29, 0.717) is 16.8 Å². The fraction of sp³-hybridized carbons (Fsp3) is 0.700. The molecule has 0 aromatic carbocycles. The van der Waals surface area contributed by atoms with E-state index in [2.05, 4.69) is 15.0 Å². The molecule has 1 saturated heterocycles. The minimum Gasteiger partial charge on any atom is -0.314 e. The van der Waals surface area contributed by atoms with Crippen LogP contribution in [0.3, 0.4) is 0 Å². The van der Waals surface area contributed by atoms with Crippen molar-refractivity contribution in [3.8, 4) is 0 Å². The third-order valence-corrected chi connectivity index (χ3v) is 5.65. The Labute approximate surface area is 106 Å². The molecule has 0 saturated carbocycles. The molecule has 1 aliphatic heterocycles. The van der Waals surface area contributed by atoms with Crippen molar-refractivity contribution in [2.75, 3.05) is 13.1 Å². The molecular weight excluding hydrogens is 258 g/mol. The third kappa shape index (κ3) is 3.48. The van der Waals surface area contributed by atoms with Gasteiger partial charge in [-0.2, -0.15) is 0 Å². The van der Waals surface area contributed by atoms with Crippen molar-refractivity contribution in [2.45, 2.75) is 36.4 Å². The minimum atomic E-state index is -3.35. The van der Waals surface area contributed by atoms with Gasteiger partial charge in [-0.1, -0.05) is 0 Å². The Balaban J connectivity index is 1.85. The van der Waals surface area contributed by atoms with Crippen LogP contribution in [0, 0.1) is 6.92 Å². The first-order valence-corrected chi connectivity index (χ1v) is 8.03. The van der Waals surface area contributed by atoms with Gasteiger partial charge in [0, 0.05) is 12.6 Å². The summed E-state index contributed by atoms with van der Waals surface area (Å²) in [4.78, 5) is 3.96. The molecule has 2 N–H and O–H groups in total. The lowest BCUT2D eigenvalue weighted by Gasteiger charge is -2.10. The second-order valence-electron chi connectivity index (χ2n) is 4.18. The van der Waals surface area contributed by atoms with Gasteiger partial charge in [0.1, 0.15) is 0 Å². The van der Waals surface area contributed by atoms with E-state index in [1.54, 1.807) is 6.92 Å². The Morgan fingerprint density at radius 1 is 1.65 bits per heavy atom. The largest absolute Gasteiger partial charge is 0.314 e. The standard InChI is InChI=1S/C10H17N3O2S2/c1-8-12-7-10(16-8)17(14,15)13-6-4-9-3-2-5-11-9/h7,9,11,13H,2-6H2,1H3/t9-/m1/s1. The zero-order chi connectivity index (χ0) is 12.3. The summed E-state index contributed by atoms with van der Waals surface area (Å²) in [5.41, 5.74) is 0. The quantitative estimate of drug-likeness (QED) is 0.836. The predicted molar refractivity (Wildman–Crippen MR) is 67.7 cm³/mol. The first-order valence-electron chi connectivity index (χ1n) is 5.73. The van der Waals surface area contributed by atoms with Crippen molar-refractivity contribution in [3.05, 3.63) is 11.2 Å². The number of nitrogens with zero attached hydrogens (tertiary/aromatic N) is 1. The Morgan fingerprint density at radius 3 is 3.06 bits per heavy atom. The van der Waals surface area contributed by atoms with E-state index < -0.39 is 10.0 Å². The highest BCUT2D eigenvalue weighted by atomic mass is 32.2. The number of nitrogens with one attached hydrogen (secondary N) is 2. The fourth-order valence-electron chi connectivity index (χ4n) is 1.91. The maximum Gasteiger partial charge on any atom is 0.251 e. The van der Waals surface area contributed by atoms with Gasteiger partial charge in [0.2, 0.25) is 0 Å². The van der Waals surface area contributed by atoms with Crippen molar-refractivity contribution in [3.63, 3.8) is 0 Å². The number of hydrogen-bond donors (Lipinski definition) is 2. The van der Waals surface area contributed by atoms with Crippen LogP contribution in [0.2, 0.25) is 0 Å². The van der Waals surface area contributed by atoms with Gasteiger partial charge in [0.15, 0.2) is 4.21 Å². The molecular formula is C10H17N3O2S2. The Kier molecular flexibility index (Phi) is 4.13. The van der Waals surface area contributed by atoms with Gasteiger partial charge in [-0.05, 0) is 32.7 Å². The van der Waals surface area contributed by atoms with Gasteiger partial charge in [-0.15, -0.1) is 11.3 Å². The van der Waals surface area contributed by atoms with E-state index in [0.717, 1.165) is 24.4 Å². The molecule has 0 unspecified atom stereocenters. The lowest BCUT2D eigenvalue weighted by Crippen LogP contribution is -2.30. The van der Waals surface area contributed by atoms with Crippen molar-refractivity contribution in [1.29, 1.82) is 0 Å². The summed E-state index contributed by atoms with van der Waals surface area (Å²) in [5, 5.41) is 4.11. The van der Waals surface area contributed by atoms with Gasteiger partial charge in [0.25, 0.3) is 10.0 Å². The normalized spacial score (nSPS) is 20.9. The molecule has 0 amide bonds. The predicted octanol–water partition coefficient (Wildman–Crippen LogP) is 0.872. The number of thiazole rings is 1. The van der Waals surface area contributed by atoms with Crippen molar-refractivity contribution in [1.82, 2.24) is 15.0 Å². The van der Waals surface area contributed by atoms with Crippen LogP contribution in [0.1, 0.15) is 24.3 Å². The molecule has 2 rings (SSSR count). The summed E-state index contributed by atoms with van der Waals surface area (Å²) < 4.78 is 26.6. The van der Waals surface area contributed by atoms with E-state index in [9.17, 15) is 8.42 Å². The number of aryl methyl sites for hydroxylation is 1. The third-order valence-electron chi connectivity index (χ3n) is 2.81. The maximum atomic E-state index is 11.9. The number of sulfonamides is 1. The highest BCUT2D eigenvalue weighted by Crippen LogP contribution is 2.17. The van der Waals surface area contributed by atoms with Crippen LogP contribution in [0.4, 0.5) is 0 Å². The number of aromatic nitrogens is 1. The van der Waals surface area contributed by atoms with E-state index in [1.807, 2.05) is 0 Å². The maximum absolute atomic E-state index is 11.9. The van der Waals surface area contributed by atoms with Gasteiger partial charge < -0.3 is 5.32 Å². The number of rotatable bonds is 5. The van der Waals surface area contributed by atoms with E-state index >= 15 is 0 Å². The van der Waals surface area contributed by atoms with E-state index in [-0.39, 0.29) is 0 Å². The van der Waals surface area contributed by atoms with Crippen molar-refractivity contribution in [2.24, 2.45) is 0 Å². The lowest BCUT2D eigenvalue weighted by molar-refractivity contribution is 0.540. The molecule has 17 heavy (non-hydrogen) atoms. The summed E-state index contributed by atoms with van der Waals surface area (Å²) in [5.74, 6) is 0. The minimum absolute atomic E-state index is 0.300. The molecule has 96 valence electrons. The van der Waals surface area contributed by atoms with Crippen molar-refractivity contribution < 1.29 is 8.42 Å². The van der Waals surface area contributed by atoms with Crippen LogP contribution in [-0.2, 0) is 10.0 Å². The zero-order valence-electron chi connectivity index (χ0n) is 9.77. The lowest BCUT2D eigenvalue weighted by atomic mass is 10.2. The highest BCUT2D eigenvalue weighted by molar-refractivity contribution is 7.91. The molecule has 7 heteroatoms. The smallest absolute Gasteiger partial charge is 0.251 e. The van der Waals surface area contributed by atoms with Crippen LogP contribution in [0.5, 0.6) is 0 Å². The molecule has 1 atom stereocenters. The molecule has 1 aromatic rings. The Hall–Kier alpha value is -0.500. The molecule has 0 radical (unpaired) electrons. The molecule has 5 nitrogen and oxygen atoms in total. The molecule has 1 aromatic heterocycles.